The van der Waals surface area contributed by atoms with Crippen LogP contribution in [0, 0.1) is 20.2 Å². The van der Waals surface area contributed by atoms with E-state index in [1.54, 1.807) is 0 Å². The molecular weight excluding hydrogens is 330 g/mol. The summed E-state index contributed by atoms with van der Waals surface area (Å²) in [6.07, 6.45) is 0.265. The first-order valence-corrected chi connectivity index (χ1v) is 8.34. The Morgan fingerprint density at radius 2 is 1.70 bits per heavy atom. The molecule has 124 valence electrons. The fourth-order valence-corrected chi connectivity index (χ4v) is 4.15. The lowest BCUT2D eigenvalue weighted by atomic mass is 10.1. The highest BCUT2D eigenvalue weighted by molar-refractivity contribution is 7.91. The fourth-order valence-electron chi connectivity index (χ4n) is 2.38. The zero-order chi connectivity index (χ0) is 17.4. The highest BCUT2D eigenvalue weighted by atomic mass is 32.2. The quantitative estimate of drug-likeness (QED) is 0.580. The molecule has 1 aromatic rings. The maximum Gasteiger partial charge on any atom is 0.277 e. The van der Waals surface area contributed by atoms with E-state index in [1.165, 1.54) is 7.05 Å². The second-order valence-corrected chi connectivity index (χ2v) is 7.45. The molecule has 0 unspecified atom stereocenters. The smallest absolute Gasteiger partial charge is 0.277 e. The van der Waals surface area contributed by atoms with E-state index in [0.29, 0.717) is 0 Å². The monoisotopic (exact) mass is 343 g/mol. The topological polar surface area (TPSA) is 141 Å². The summed E-state index contributed by atoms with van der Waals surface area (Å²) in [5.74, 6) is -0.921. The van der Waals surface area contributed by atoms with Crippen molar-refractivity contribution in [2.45, 2.75) is 12.5 Å². The number of non-ortho nitro benzene ring substituents is 2. The lowest BCUT2D eigenvalue weighted by Gasteiger charge is -2.23. The second kappa shape index (κ2) is 5.91. The Morgan fingerprint density at radius 3 is 2.09 bits per heavy atom. The van der Waals surface area contributed by atoms with Crippen molar-refractivity contribution in [3.8, 4) is 0 Å². The summed E-state index contributed by atoms with van der Waals surface area (Å²) in [6.45, 7) is 0. The van der Waals surface area contributed by atoms with E-state index < -0.39 is 43.0 Å². The van der Waals surface area contributed by atoms with Gasteiger partial charge in [-0.25, -0.2) is 8.42 Å². The van der Waals surface area contributed by atoms with Crippen LogP contribution < -0.4 is 0 Å². The minimum Gasteiger partial charge on any atom is -0.338 e. The number of carbonyl (C=O) groups excluding carboxylic acids is 1. The molecule has 23 heavy (non-hydrogen) atoms. The standard InChI is InChI=1S/C12H13N3O7S/c1-13(9-2-3-23(21,22)7-9)12(16)8-4-10(14(17)18)6-11(5-8)15(19)20/h4-6,9H,2-3,7H2,1H3/t9-/m1/s1. The summed E-state index contributed by atoms with van der Waals surface area (Å²) >= 11 is 0. The highest BCUT2D eigenvalue weighted by Crippen LogP contribution is 2.25. The molecule has 0 spiro atoms. The molecule has 1 fully saturated rings. The van der Waals surface area contributed by atoms with E-state index in [4.69, 9.17) is 0 Å². The molecule has 1 saturated heterocycles. The molecule has 1 aliphatic heterocycles. The van der Waals surface area contributed by atoms with Gasteiger partial charge < -0.3 is 4.90 Å². The third-order valence-corrected chi connectivity index (χ3v) is 5.40. The number of nitro groups is 2. The maximum atomic E-state index is 12.4. The first-order valence-electron chi connectivity index (χ1n) is 6.52. The van der Waals surface area contributed by atoms with Gasteiger partial charge in [0.25, 0.3) is 17.3 Å². The van der Waals surface area contributed by atoms with Gasteiger partial charge in [0.2, 0.25) is 0 Å². The highest BCUT2D eigenvalue weighted by Gasteiger charge is 2.33. The third-order valence-electron chi connectivity index (χ3n) is 3.65. The van der Waals surface area contributed by atoms with Gasteiger partial charge in [-0.1, -0.05) is 0 Å². The molecule has 1 amide bonds. The lowest BCUT2D eigenvalue weighted by molar-refractivity contribution is -0.394. The Bertz CT molecular complexity index is 758. The number of nitro benzene ring substituents is 2. The van der Waals surface area contributed by atoms with Crippen molar-refractivity contribution in [3.05, 3.63) is 44.0 Å². The number of hydrogen-bond donors (Lipinski definition) is 0. The Morgan fingerprint density at radius 1 is 1.17 bits per heavy atom. The van der Waals surface area contributed by atoms with Crippen LogP contribution in [0.4, 0.5) is 11.4 Å². The molecular formula is C12H13N3O7S. The van der Waals surface area contributed by atoms with Gasteiger partial charge in [-0.3, -0.25) is 25.0 Å². The van der Waals surface area contributed by atoms with Crippen LogP contribution in [0.15, 0.2) is 18.2 Å². The van der Waals surface area contributed by atoms with Gasteiger partial charge in [0.05, 0.1) is 33.0 Å². The molecule has 0 N–H and O–H groups in total. The van der Waals surface area contributed by atoms with Crippen molar-refractivity contribution in [2.24, 2.45) is 0 Å². The zero-order valence-electron chi connectivity index (χ0n) is 12.0. The van der Waals surface area contributed by atoms with Crippen LogP contribution >= 0.6 is 0 Å². The van der Waals surface area contributed by atoms with Gasteiger partial charge in [0.15, 0.2) is 9.84 Å². The number of hydrogen-bond acceptors (Lipinski definition) is 7. The normalized spacial score (nSPS) is 19.3. The van der Waals surface area contributed by atoms with Gasteiger partial charge in [0, 0.05) is 25.2 Å². The summed E-state index contributed by atoms with van der Waals surface area (Å²) in [4.78, 5) is 33.6. The number of nitrogens with zero attached hydrogens (tertiary/aromatic N) is 3. The van der Waals surface area contributed by atoms with E-state index in [0.717, 1.165) is 23.1 Å². The van der Waals surface area contributed by atoms with Gasteiger partial charge in [-0.05, 0) is 6.42 Å². The third kappa shape index (κ3) is 3.62. The van der Waals surface area contributed by atoms with Crippen LogP contribution in [0.5, 0.6) is 0 Å². The summed E-state index contributed by atoms with van der Waals surface area (Å²) in [7, 11) is -1.84. The van der Waals surface area contributed by atoms with Crippen molar-refractivity contribution in [1.29, 1.82) is 0 Å². The summed E-state index contributed by atoms with van der Waals surface area (Å²) in [5.41, 5.74) is -1.37. The summed E-state index contributed by atoms with van der Waals surface area (Å²) in [5, 5.41) is 21.7. The van der Waals surface area contributed by atoms with Crippen molar-refractivity contribution >= 4 is 27.1 Å². The predicted octanol–water partition coefficient (Wildman–Crippen LogP) is 0.762. The molecule has 1 heterocycles. The minimum atomic E-state index is -3.21. The van der Waals surface area contributed by atoms with Gasteiger partial charge >= 0.3 is 0 Å². The Hall–Kier alpha value is -2.56. The number of amides is 1. The van der Waals surface area contributed by atoms with E-state index in [9.17, 15) is 33.4 Å². The van der Waals surface area contributed by atoms with Crippen LogP contribution in [-0.4, -0.2) is 53.7 Å². The van der Waals surface area contributed by atoms with Gasteiger partial charge in [-0.15, -0.1) is 0 Å². The summed E-state index contributed by atoms with van der Waals surface area (Å²) < 4.78 is 22.9. The largest absolute Gasteiger partial charge is 0.338 e. The molecule has 0 aromatic heterocycles. The molecule has 1 atom stereocenters. The fraction of sp³-hybridized carbons (Fsp3) is 0.417. The van der Waals surface area contributed by atoms with E-state index in [1.807, 2.05) is 0 Å². The Kier molecular flexibility index (Phi) is 4.32. The SMILES string of the molecule is CN(C(=O)c1cc([N+](=O)[O-])cc([N+](=O)[O-])c1)[C@@H]1CCS(=O)(=O)C1. The Balaban J connectivity index is 2.35. The van der Waals surface area contributed by atoms with Gasteiger partial charge in [0.1, 0.15) is 0 Å². The Labute approximate surface area is 130 Å². The summed E-state index contributed by atoms with van der Waals surface area (Å²) in [6, 6.07) is 2.09. The van der Waals surface area contributed by atoms with Crippen LogP contribution in [0.25, 0.3) is 0 Å². The first-order chi connectivity index (χ1) is 10.6. The van der Waals surface area contributed by atoms with Crippen LogP contribution in [0.2, 0.25) is 0 Å². The number of sulfone groups is 1. The molecule has 0 bridgehead atoms. The number of rotatable bonds is 4. The average molecular weight is 343 g/mol. The molecule has 2 rings (SSSR count). The second-order valence-electron chi connectivity index (χ2n) is 5.23. The van der Waals surface area contributed by atoms with Crippen LogP contribution in [0.1, 0.15) is 16.8 Å². The molecule has 1 aliphatic rings. The van der Waals surface area contributed by atoms with Crippen LogP contribution in [0.3, 0.4) is 0 Å². The molecule has 11 heteroatoms. The zero-order valence-corrected chi connectivity index (χ0v) is 12.9. The van der Waals surface area contributed by atoms with E-state index in [2.05, 4.69) is 0 Å². The van der Waals surface area contributed by atoms with E-state index >= 15 is 0 Å². The predicted molar refractivity (Wildman–Crippen MR) is 78.9 cm³/mol. The van der Waals surface area contributed by atoms with E-state index in [-0.39, 0.29) is 23.5 Å². The van der Waals surface area contributed by atoms with Crippen molar-refractivity contribution in [3.63, 3.8) is 0 Å². The molecule has 0 aliphatic carbocycles. The maximum absolute atomic E-state index is 12.4. The first kappa shape index (κ1) is 16.8. The molecule has 10 nitrogen and oxygen atoms in total. The van der Waals surface area contributed by atoms with Gasteiger partial charge in [-0.2, -0.15) is 0 Å². The molecule has 1 aromatic carbocycles. The van der Waals surface area contributed by atoms with Crippen LogP contribution in [-0.2, 0) is 9.84 Å². The molecule has 0 radical (unpaired) electrons. The van der Waals surface area contributed by atoms with Crippen molar-refractivity contribution in [1.82, 2.24) is 4.90 Å². The number of benzene rings is 1. The van der Waals surface area contributed by atoms with Crippen molar-refractivity contribution in [2.75, 3.05) is 18.6 Å². The van der Waals surface area contributed by atoms with Crippen molar-refractivity contribution < 1.29 is 23.1 Å². The molecule has 0 saturated carbocycles. The minimum absolute atomic E-state index is 0.0373. The number of carbonyl (C=O) groups is 1. The average Bonchev–Trinajstić information content (AvgIpc) is 2.85. The lowest BCUT2D eigenvalue weighted by Crippen LogP contribution is -2.37.